The number of benzene rings is 2. The maximum atomic E-state index is 12.9. The van der Waals surface area contributed by atoms with Crippen molar-refractivity contribution in [2.45, 2.75) is 25.3 Å². The van der Waals surface area contributed by atoms with Crippen LogP contribution < -0.4 is 5.56 Å². The topological polar surface area (TPSA) is 96.8 Å². The molecular weight excluding hydrogens is 463 g/mol. The molecule has 1 amide bonds. The average Bonchev–Trinajstić information content (AvgIpc) is 3.25. The van der Waals surface area contributed by atoms with Gasteiger partial charge in [-0.15, -0.1) is 5.10 Å². The second-order valence-corrected chi connectivity index (χ2v) is 8.84. The highest BCUT2D eigenvalue weighted by Crippen LogP contribution is 2.27. The summed E-state index contributed by atoms with van der Waals surface area (Å²) in [7, 11) is 0. The number of nitrogens with one attached hydrogen (secondary N) is 1. The minimum atomic E-state index is -0.363. The summed E-state index contributed by atoms with van der Waals surface area (Å²) in [6.07, 6.45) is 1.63. The van der Waals surface area contributed by atoms with Crippen LogP contribution >= 0.6 is 23.2 Å². The predicted octanol–water partition coefficient (Wildman–Crippen LogP) is 3.89. The molecular formula is C23H20Cl2N6O2. The van der Waals surface area contributed by atoms with Gasteiger partial charge in [-0.1, -0.05) is 52.7 Å². The van der Waals surface area contributed by atoms with E-state index in [0.717, 1.165) is 12.8 Å². The van der Waals surface area contributed by atoms with E-state index in [4.69, 9.17) is 28.2 Å². The summed E-state index contributed by atoms with van der Waals surface area (Å²) >= 11 is 12.6. The van der Waals surface area contributed by atoms with Gasteiger partial charge in [0.25, 0.3) is 11.5 Å². The number of aromatic amines is 1. The molecule has 0 radical (unpaired) electrons. The van der Waals surface area contributed by atoms with Crippen LogP contribution in [0.5, 0.6) is 0 Å². The van der Waals surface area contributed by atoms with Gasteiger partial charge in [0.05, 0.1) is 6.54 Å². The van der Waals surface area contributed by atoms with Crippen LogP contribution in [0, 0.1) is 0 Å². The lowest BCUT2D eigenvalue weighted by molar-refractivity contribution is 0.0704. The Morgan fingerprint density at radius 3 is 2.61 bits per heavy atom. The molecule has 168 valence electrons. The molecule has 3 heterocycles. The molecule has 1 aliphatic rings. The highest BCUT2D eigenvalue weighted by atomic mass is 35.5. The third kappa shape index (κ3) is 4.24. The molecule has 1 N–H and O–H groups in total. The number of amides is 1. The van der Waals surface area contributed by atoms with Gasteiger partial charge < -0.3 is 9.88 Å². The number of H-pyrrole nitrogens is 1. The quantitative estimate of drug-likeness (QED) is 0.475. The standard InChI is InChI=1S/C23H20Cl2N6O2/c24-17-9-4-10-18(25)16(17)13-31-21-19(28-29-31)22(32)27-20(26-21)15-8-5-11-30(12-15)23(33)14-6-2-1-3-7-14/h1-4,6-7,9-10,15H,5,8,11-13H2,(H,26,27,32)/t15-/m0/s1. The second-order valence-electron chi connectivity index (χ2n) is 8.03. The predicted molar refractivity (Wildman–Crippen MR) is 126 cm³/mol. The van der Waals surface area contributed by atoms with Crippen LogP contribution in [-0.4, -0.2) is 48.9 Å². The number of rotatable bonds is 4. The molecule has 33 heavy (non-hydrogen) atoms. The van der Waals surface area contributed by atoms with E-state index >= 15 is 0 Å². The van der Waals surface area contributed by atoms with Crippen molar-refractivity contribution in [1.82, 2.24) is 29.9 Å². The molecule has 4 aromatic rings. The number of nitrogens with zero attached hydrogens (tertiary/aromatic N) is 5. The Labute approximate surface area is 199 Å². The van der Waals surface area contributed by atoms with Gasteiger partial charge in [-0.2, -0.15) is 0 Å². The first kappa shape index (κ1) is 21.6. The molecule has 2 aromatic carbocycles. The molecule has 1 fully saturated rings. The van der Waals surface area contributed by atoms with Gasteiger partial charge in [-0.25, -0.2) is 9.67 Å². The van der Waals surface area contributed by atoms with Crippen molar-refractivity contribution < 1.29 is 4.79 Å². The van der Waals surface area contributed by atoms with E-state index in [1.165, 1.54) is 4.68 Å². The van der Waals surface area contributed by atoms with Gasteiger partial charge in [-0.05, 0) is 37.1 Å². The second kappa shape index (κ2) is 8.96. The van der Waals surface area contributed by atoms with Crippen molar-refractivity contribution in [2.24, 2.45) is 0 Å². The van der Waals surface area contributed by atoms with Crippen molar-refractivity contribution in [1.29, 1.82) is 0 Å². The van der Waals surface area contributed by atoms with Gasteiger partial charge in [0.1, 0.15) is 5.82 Å². The third-order valence-corrected chi connectivity index (χ3v) is 6.59. The smallest absolute Gasteiger partial charge is 0.281 e. The van der Waals surface area contributed by atoms with Crippen molar-refractivity contribution in [2.75, 3.05) is 13.1 Å². The van der Waals surface area contributed by atoms with Crippen LogP contribution in [0.1, 0.15) is 40.5 Å². The van der Waals surface area contributed by atoms with Crippen molar-refractivity contribution >= 4 is 40.3 Å². The molecule has 0 unspecified atom stereocenters. The summed E-state index contributed by atoms with van der Waals surface area (Å²) in [5.74, 6) is 0.395. The molecule has 0 aliphatic carbocycles. The van der Waals surface area contributed by atoms with E-state index < -0.39 is 0 Å². The SMILES string of the molecule is O=C(c1ccccc1)N1CCC[C@H](c2nc3c(nnn3Cc3c(Cl)cccc3Cl)c(=O)[nH]2)C1. The fourth-order valence-corrected chi connectivity index (χ4v) is 4.68. The van der Waals surface area contributed by atoms with E-state index in [2.05, 4.69) is 15.3 Å². The Morgan fingerprint density at radius 2 is 1.85 bits per heavy atom. The minimum Gasteiger partial charge on any atom is -0.338 e. The van der Waals surface area contributed by atoms with E-state index in [1.807, 2.05) is 35.2 Å². The zero-order valence-corrected chi connectivity index (χ0v) is 19.1. The first-order valence-electron chi connectivity index (χ1n) is 10.6. The number of halogens is 2. The van der Waals surface area contributed by atoms with Crippen molar-refractivity contribution in [3.8, 4) is 0 Å². The van der Waals surface area contributed by atoms with Crippen LogP contribution in [0.15, 0.2) is 53.3 Å². The molecule has 8 nitrogen and oxygen atoms in total. The number of aromatic nitrogens is 5. The zero-order valence-electron chi connectivity index (χ0n) is 17.5. The normalized spacial score (nSPS) is 16.3. The highest BCUT2D eigenvalue weighted by Gasteiger charge is 2.28. The Bertz CT molecular complexity index is 1360. The van der Waals surface area contributed by atoms with Crippen LogP contribution in [0.2, 0.25) is 10.0 Å². The summed E-state index contributed by atoms with van der Waals surface area (Å²) in [4.78, 5) is 35.0. The van der Waals surface area contributed by atoms with Crippen LogP contribution in [0.25, 0.3) is 11.2 Å². The number of piperidine rings is 1. The number of hydrogen-bond acceptors (Lipinski definition) is 5. The minimum absolute atomic E-state index is 0.0243. The highest BCUT2D eigenvalue weighted by molar-refractivity contribution is 6.36. The molecule has 0 spiro atoms. The zero-order chi connectivity index (χ0) is 22.9. The number of likely N-dealkylation sites (tertiary alicyclic amines) is 1. The van der Waals surface area contributed by atoms with Crippen LogP contribution in [0.4, 0.5) is 0 Å². The van der Waals surface area contributed by atoms with Gasteiger partial charge in [0.2, 0.25) is 0 Å². The Hall–Kier alpha value is -3.23. The lowest BCUT2D eigenvalue weighted by Gasteiger charge is -2.32. The van der Waals surface area contributed by atoms with E-state index in [-0.39, 0.29) is 29.4 Å². The largest absolute Gasteiger partial charge is 0.338 e. The maximum Gasteiger partial charge on any atom is 0.281 e. The molecule has 1 atom stereocenters. The van der Waals surface area contributed by atoms with Gasteiger partial charge in [-0.3, -0.25) is 9.59 Å². The van der Waals surface area contributed by atoms with Crippen LogP contribution in [0.3, 0.4) is 0 Å². The van der Waals surface area contributed by atoms with Gasteiger partial charge in [0, 0.05) is 40.2 Å². The summed E-state index contributed by atoms with van der Waals surface area (Å²) in [6.45, 7) is 1.37. The number of carbonyl (C=O) groups excluding carboxylic acids is 1. The monoisotopic (exact) mass is 482 g/mol. The fraction of sp³-hybridized carbons (Fsp3) is 0.261. The van der Waals surface area contributed by atoms with Crippen molar-refractivity contribution in [3.05, 3.63) is 85.9 Å². The Kier molecular flexibility index (Phi) is 5.86. The fourth-order valence-electron chi connectivity index (χ4n) is 4.16. The molecule has 10 heteroatoms. The number of hydrogen-bond donors (Lipinski definition) is 1. The van der Waals surface area contributed by atoms with Crippen molar-refractivity contribution in [3.63, 3.8) is 0 Å². The molecule has 2 aromatic heterocycles. The lowest BCUT2D eigenvalue weighted by Crippen LogP contribution is -2.39. The summed E-state index contributed by atoms with van der Waals surface area (Å²) in [5, 5.41) is 9.10. The Balaban J connectivity index is 1.46. The van der Waals surface area contributed by atoms with Crippen LogP contribution in [-0.2, 0) is 6.54 Å². The maximum absolute atomic E-state index is 12.9. The summed E-state index contributed by atoms with van der Waals surface area (Å²) in [6, 6.07) is 14.4. The van der Waals surface area contributed by atoms with E-state index in [9.17, 15) is 9.59 Å². The van der Waals surface area contributed by atoms with Gasteiger partial charge in [0.15, 0.2) is 11.2 Å². The number of fused-ring (bicyclic) bond motifs is 1. The lowest BCUT2D eigenvalue weighted by atomic mass is 9.96. The summed E-state index contributed by atoms with van der Waals surface area (Å²) in [5.41, 5.74) is 1.46. The van der Waals surface area contributed by atoms with E-state index in [0.29, 0.717) is 45.7 Å². The molecule has 0 saturated carbocycles. The number of carbonyl (C=O) groups is 1. The molecule has 1 saturated heterocycles. The molecule has 5 rings (SSSR count). The molecule has 0 bridgehead atoms. The third-order valence-electron chi connectivity index (χ3n) is 5.88. The average molecular weight is 483 g/mol. The molecule has 1 aliphatic heterocycles. The van der Waals surface area contributed by atoms with Gasteiger partial charge >= 0.3 is 0 Å². The Morgan fingerprint density at radius 1 is 1.09 bits per heavy atom. The van der Waals surface area contributed by atoms with E-state index in [1.54, 1.807) is 18.2 Å². The first-order chi connectivity index (χ1) is 16.0. The first-order valence-corrected chi connectivity index (χ1v) is 11.4. The summed E-state index contributed by atoms with van der Waals surface area (Å²) < 4.78 is 1.52.